The van der Waals surface area contributed by atoms with Gasteiger partial charge in [0.2, 0.25) is 0 Å². The average Bonchev–Trinajstić information content (AvgIpc) is 2.55. The molecule has 1 aromatic heterocycles. The van der Waals surface area contributed by atoms with Crippen LogP contribution in [0.4, 0.5) is 0 Å². The molecule has 0 bridgehead atoms. The summed E-state index contributed by atoms with van der Waals surface area (Å²) in [5, 5.41) is 15.9. The lowest BCUT2D eigenvalue weighted by atomic mass is 10.3. The summed E-state index contributed by atoms with van der Waals surface area (Å²) in [4.78, 5) is 10.8. The van der Waals surface area contributed by atoms with Gasteiger partial charge >= 0.3 is 5.97 Å². The summed E-state index contributed by atoms with van der Waals surface area (Å²) in [6.45, 7) is 6.52. The number of aromatic carboxylic acids is 1. The zero-order valence-corrected chi connectivity index (χ0v) is 11.7. The van der Waals surface area contributed by atoms with E-state index in [-0.39, 0.29) is 18.0 Å². The Balaban J connectivity index is 2.86. The van der Waals surface area contributed by atoms with Gasteiger partial charge in [0.25, 0.3) is 0 Å². The Kier molecular flexibility index (Phi) is 3.80. The summed E-state index contributed by atoms with van der Waals surface area (Å²) in [5.74, 6) is -1.27. The van der Waals surface area contributed by atoms with Crippen LogP contribution in [0.3, 0.4) is 0 Å². The van der Waals surface area contributed by atoms with Gasteiger partial charge in [-0.25, -0.2) is 17.9 Å². The van der Waals surface area contributed by atoms with Crippen molar-refractivity contribution in [2.45, 2.75) is 39.0 Å². The molecular formula is C10H17N3O4S. The lowest BCUT2D eigenvalue weighted by molar-refractivity contribution is 0.0689. The number of aromatic nitrogens is 3. The molecule has 0 aliphatic rings. The summed E-state index contributed by atoms with van der Waals surface area (Å²) in [6.07, 6.45) is 0. The molecule has 18 heavy (non-hydrogen) atoms. The predicted octanol–water partition coefficient (Wildman–Crippen LogP) is 0.498. The van der Waals surface area contributed by atoms with E-state index in [0.29, 0.717) is 5.69 Å². The number of aryl methyl sites for hydroxylation is 1. The van der Waals surface area contributed by atoms with Crippen LogP contribution in [0.2, 0.25) is 0 Å². The van der Waals surface area contributed by atoms with Gasteiger partial charge in [-0.1, -0.05) is 5.21 Å². The van der Waals surface area contributed by atoms with E-state index >= 15 is 0 Å². The molecule has 1 rings (SSSR count). The second-order valence-electron chi connectivity index (χ2n) is 4.98. The third-order valence-corrected chi connectivity index (χ3v) is 5.28. The lowest BCUT2D eigenvalue weighted by Gasteiger charge is -2.19. The first kappa shape index (κ1) is 14.6. The first-order valence-electron chi connectivity index (χ1n) is 5.42. The number of carboxylic acid groups (broad SMARTS) is 1. The maximum Gasteiger partial charge on any atom is 0.358 e. The number of carbonyl (C=O) groups is 1. The van der Waals surface area contributed by atoms with E-state index in [2.05, 4.69) is 10.3 Å². The molecule has 7 nitrogen and oxygen atoms in total. The molecule has 0 aliphatic carbocycles. The van der Waals surface area contributed by atoms with Crippen molar-refractivity contribution < 1.29 is 18.3 Å². The van der Waals surface area contributed by atoms with E-state index < -0.39 is 20.6 Å². The maximum absolute atomic E-state index is 11.9. The van der Waals surface area contributed by atoms with E-state index in [1.165, 1.54) is 4.68 Å². The molecule has 0 amide bonds. The molecule has 8 heteroatoms. The van der Waals surface area contributed by atoms with E-state index in [0.717, 1.165) is 0 Å². The minimum Gasteiger partial charge on any atom is -0.476 e. The van der Waals surface area contributed by atoms with Crippen LogP contribution in [0.5, 0.6) is 0 Å². The summed E-state index contributed by atoms with van der Waals surface area (Å²) < 4.78 is 24.3. The minimum absolute atomic E-state index is 0.0975. The largest absolute Gasteiger partial charge is 0.476 e. The van der Waals surface area contributed by atoms with Crippen LogP contribution in [-0.4, -0.2) is 45.0 Å². The van der Waals surface area contributed by atoms with E-state index in [1.54, 1.807) is 27.7 Å². The van der Waals surface area contributed by atoms with Gasteiger partial charge in [0.15, 0.2) is 15.5 Å². The Morgan fingerprint density at radius 1 is 1.39 bits per heavy atom. The molecule has 1 heterocycles. The van der Waals surface area contributed by atoms with Crippen LogP contribution < -0.4 is 0 Å². The van der Waals surface area contributed by atoms with Gasteiger partial charge < -0.3 is 5.11 Å². The van der Waals surface area contributed by atoms with E-state index in [1.807, 2.05) is 0 Å². The molecule has 1 aromatic rings. The first-order valence-corrected chi connectivity index (χ1v) is 7.07. The number of hydrogen-bond donors (Lipinski definition) is 1. The maximum atomic E-state index is 11.9. The van der Waals surface area contributed by atoms with E-state index in [4.69, 9.17) is 5.11 Å². The smallest absolute Gasteiger partial charge is 0.358 e. The minimum atomic E-state index is -3.26. The summed E-state index contributed by atoms with van der Waals surface area (Å²) >= 11 is 0. The molecule has 0 aromatic carbocycles. The van der Waals surface area contributed by atoms with Crippen molar-refractivity contribution >= 4 is 15.8 Å². The normalized spacial score (nSPS) is 12.7. The molecule has 0 radical (unpaired) electrons. The standard InChI is InChI=1S/C10H17N3O4S/c1-7-8(9(14)15)11-12-13(7)5-6-18(16,17)10(2,3)4/h5-6H2,1-4H3,(H,14,15). The van der Waals surface area contributed by atoms with Crippen molar-refractivity contribution in [2.24, 2.45) is 0 Å². The van der Waals surface area contributed by atoms with Crippen LogP contribution in [0.1, 0.15) is 37.0 Å². The lowest BCUT2D eigenvalue weighted by Crippen LogP contribution is -2.32. The van der Waals surface area contributed by atoms with Crippen LogP contribution in [0, 0.1) is 6.92 Å². The van der Waals surface area contributed by atoms with Gasteiger partial charge in [-0.15, -0.1) is 5.10 Å². The van der Waals surface area contributed by atoms with Gasteiger partial charge in [-0.05, 0) is 27.7 Å². The third-order valence-electron chi connectivity index (χ3n) is 2.69. The number of nitrogens with zero attached hydrogens (tertiary/aromatic N) is 3. The highest BCUT2D eigenvalue weighted by atomic mass is 32.2. The Morgan fingerprint density at radius 3 is 2.33 bits per heavy atom. The zero-order valence-electron chi connectivity index (χ0n) is 10.8. The van der Waals surface area contributed by atoms with Gasteiger partial charge in [0, 0.05) is 0 Å². The van der Waals surface area contributed by atoms with Crippen molar-refractivity contribution in [3.8, 4) is 0 Å². The third kappa shape index (κ3) is 2.87. The topological polar surface area (TPSA) is 102 Å². The molecule has 102 valence electrons. The first-order chi connectivity index (χ1) is 8.06. The second-order valence-corrected chi connectivity index (χ2v) is 7.85. The van der Waals surface area contributed by atoms with Crippen LogP contribution in [0.15, 0.2) is 0 Å². The van der Waals surface area contributed by atoms with Crippen LogP contribution in [-0.2, 0) is 16.4 Å². The SMILES string of the molecule is Cc1c(C(=O)O)nnn1CCS(=O)(=O)C(C)(C)C. The molecule has 0 atom stereocenters. The monoisotopic (exact) mass is 275 g/mol. The van der Waals surface area contributed by atoms with Gasteiger partial charge in [0.05, 0.1) is 22.7 Å². The molecule has 1 N–H and O–H groups in total. The Hall–Kier alpha value is -1.44. The second kappa shape index (κ2) is 4.68. The van der Waals surface area contributed by atoms with Crippen LogP contribution >= 0.6 is 0 Å². The average molecular weight is 275 g/mol. The van der Waals surface area contributed by atoms with Gasteiger partial charge in [-0.3, -0.25) is 0 Å². The number of rotatable bonds is 4. The summed E-state index contributed by atoms with van der Waals surface area (Å²) in [6, 6.07) is 0. The van der Waals surface area contributed by atoms with E-state index in [9.17, 15) is 13.2 Å². The molecule has 0 spiro atoms. The fraction of sp³-hybridized carbons (Fsp3) is 0.700. The number of sulfone groups is 1. The Labute approximate surface area is 106 Å². The molecule has 0 fully saturated rings. The summed E-state index contributed by atoms with van der Waals surface area (Å²) in [5.41, 5.74) is 0.203. The molecule has 0 saturated heterocycles. The van der Waals surface area contributed by atoms with Crippen molar-refractivity contribution in [1.29, 1.82) is 0 Å². The summed E-state index contributed by atoms with van der Waals surface area (Å²) in [7, 11) is -3.26. The zero-order chi connectivity index (χ0) is 14.1. The number of carboxylic acids is 1. The fourth-order valence-corrected chi connectivity index (χ4v) is 2.31. The number of hydrogen-bond acceptors (Lipinski definition) is 5. The van der Waals surface area contributed by atoms with Gasteiger partial charge in [0.1, 0.15) is 0 Å². The molecule has 0 aliphatic heterocycles. The highest BCUT2D eigenvalue weighted by Gasteiger charge is 2.29. The highest BCUT2D eigenvalue weighted by Crippen LogP contribution is 2.16. The van der Waals surface area contributed by atoms with Crippen molar-refractivity contribution in [2.75, 3.05) is 5.75 Å². The van der Waals surface area contributed by atoms with Crippen LogP contribution in [0.25, 0.3) is 0 Å². The molecule has 0 unspecified atom stereocenters. The molecule has 0 saturated carbocycles. The van der Waals surface area contributed by atoms with Gasteiger partial charge in [-0.2, -0.15) is 0 Å². The molecular weight excluding hydrogens is 258 g/mol. The van der Waals surface area contributed by atoms with Crippen molar-refractivity contribution in [1.82, 2.24) is 15.0 Å². The highest BCUT2D eigenvalue weighted by molar-refractivity contribution is 7.92. The Bertz CT molecular complexity index is 554. The van der Waals surface area contributed by atoms with Crippen molar-refractivity contribution in [3.05, 3.63) is 11.4 Å². The fourth-order valence-electron chi connectivity index (χ4n) is 1.28. The Morgan fingerprint density at radius 2 is 1.94 bits per heavy atom. The predicted molar refractivity (Wildman–Crippen MR) is 65.3 cm³/mol. The van der Waals surface area contributed by atoms with Crippen molar-refractivity contribution in [3.63, 3.8) is 0 Å². The quantitative estimate of drug-likeness (QED) is 0.858.